The molecule has 6 nitrogen and oxygen atoms in total. The number of nitrogen functional groups attached to an aromatic ring is 1. The van der Waals surface area contributed by atoms with Crippen molar-refractivity contribution >= 4 is 23.0 Å². The molecule has 0 aliphatic carbocycles. The molecule has 0 bridgehead atoms. The molecule has 1 aliphatic heterocycles. The third kappa shape index (κ3) is 3.52. The van der Waals surface area contributed by atoms with Gasteiger partial charge in [0.2, 0.25) is 0 Å². The predicted molar refractivity (Wildman–Crippen MR) is 74.7 cm³/mol. The lowest BCUT2D eigenvalue weighted by Crippen LogP contribution is -2.43. The number of hydrogen-bond acceptors (Lipinski definition) is 5. The molecule has 1 aliphatic rings. The highest BCUT2D eigenvalue weighted by atomic mass is 19.3. The zero-order valence-corrected chi connectivity index (χ0v) is 11.5. The van der Waals surface area contributed by atoms with Crippen molar-refractivity contribution in [1.82, 2.24) is 0 Å². The number of ether oxygens (including phenoxy) is 2. The van der Waals surface area contributed by atoms with Gasteiger partial charge in [-0.15, -0.1) is 0 Å². The molecule has 1 amide bonds. The largest absolute Gasteiger partial charge is 0.482 e. The summed E-state index contributed by atoms with van der Waals surface area (Å²) in [6, 6.07) is 2.73. The van der Waals surface area contributed by atoms with Gasteiger partial charge >= 0.3 is 12.0 Å². The number of alkyl halides is 2. The van der Waals surface area contributed by atoms with Gasteiger partial charge in [0, 0.05) is 25.8 Å². The summed E-state index contributed by atoms with van der Waals surface area (Å²) in [6.07, 6.45) is -3.13. The Morgan fingerprint density at radius 3 is 2.95 bits per heavy atom. The normalized spacial score (nSPS) is 15.9. The minimum atomic E-state index is -3.88. The van der Waals surface area contributed by atoms with E-state index in [9.17, 15) is 13.6 Å². The Hall–Kier alpha value is -2.09. The molecular weight excluding hydrogens is 284 g/mol. The summed E-state index contributed by atoms with van der Waals surface area (Å²) in [5.74, 6) is -1.63. The van der Waals surface area contributed by atoms with E-state index in [0.717, 1.165) is 6.42 Å². The maximum absolute atomic E-state index is 13.2. The lowest BCUT2D eigenvalue weighted by Gasteiger charge is -2.25. The Kier molecular flexibility index (Phi) is 4.46. The van der Waals surface area contributed by atoms with Crippen molar-refractivity contribution in [2.75, 3.05) is 36.1 Å². The Labute approximate surface area is 120 Å². The number of carbonyl (C=O) groups excluding carboxylic acids is 1. The van der Waals surface area contributed by atoms with E-state index in [4.69, 9.17) is 10.5 Å². The molecule has 0 saturated heterocycles. The standard InChI is InChI=1S/C13H17F2N3O3/c1-2-20-5-3-4-17-9-7-11-10(6-8(9)16)18-12(19)13(14,15)21-11/h6-7,17H,2-5,16H2,1H3,(H,18,19). The fourth-order valence-electron chi connectivity index (χ4n) is 1.85. The highest BCUT2D eigenvalue weighted by Crippen LogP contribution is 2.39. The summed E-state index contributed by atoms with van der Waals surface area (Å²) >= 11 is 0. The Morgan fingerprint density at radius 1 is 1.48 bits per heavy atom. The fourth-order valence-corrected chi connectivity index (χ4v) is 1.85. The molecule has 21 heavy (non-hydrogen) atoms. The van der Waals surface area contributed by atoms with Crippen LogP contribution in [0.1, 0.15) is 13.3 Å². The van der Waals surface area contributed by atoms with Gasteiger partial charge in [-0.25, -0.2) is 0 Å². The molecule has 0 spiro atoms. The van der Waals surface area contributed by atoms with Gasteiger partial charge in [-0.3, -0.25) is 4.79 Å². The van der Waals surface area contributed by atoms with Crippen LogP contribution < -0.4 is 21.1 Å². The molecule has 1 aromatic carbocycles. The van der Waals surface area contributed by atoms with Crippen LogP contribution in [0.15, 0.2) is 12.1 Å². The zero-order valence-electron chi connectivity index (χ0n) is 11.5. The highest BCUT2D eigenvalue weighted by Gasteiger charge is 2.46. The lowest BCUT2D eigenvalue weighted by molar-refractivity contribution is -0.189. The number of halogens is 2. The summed E-state index contributed by atoms with van der Waals surface area (Å²) in [5, 5.41) is 5.08. The van der Waals surface area contributed by atoms with E-state index >= 15 is 0 Å². The molecule has 2 rings (SSSR count). The van der Waals surface area contributed by atoms with Crippen LogP contribution in [0.4, 0.5) is 25.8 Å². The van der Waals surface area contributed by atoms with E-state index in [1.165, 1.54) is 12.1 Å². The third-order valence-corrected chi connectivity index (χ3v) is 2.89. The highest BCUT2D eigenvalue weighted by molar-refractivity contribution is 5.99. The van der Waals surface area contributed by atoms with Crippen LogP contribution in [0.2, 0.25) is 0 Å². The Morgan fingerprint density at radius 2 is 2.24 bits per heavy atom. The number of hydrogen-bond donors (Lipinski definition) is 3. The fraction of sp³-hybridized carbons (Fsp3) is 0.462. The summed E-state index contributed by atoms with van der Waals surface area (Å²) < 4.78 is 36.0. The predicted octanol–water partition coefficient (Wildman–Crippen LogP) is 2.03. The molecule has 0 atom stereocenters. The number of nitrogens with two attached hydrogens (primary N) is 1. The van der Waals surface area contributed by atoms with Crippen molar-refractivity contribution in [2.45, 2.75) is 19.5 Å². The van der Waals surface area contributed by atoms with Crippen LogP contribution in [0, 0.1) is 0 Å². The zero-order chi connectivity index (χ0) is 15.5. The number of carbonyl (C=O) groups is 1. The molecule has 8 heteroatoms. The molecule has 1 heterocycles. The van der Waals surface area contributed by atoms with Gasteiger partial charge in [-0.1, -0.05) is 0 Å². The number of nitrogens with one attached hydrogen (secondary N) is 2. The van der Waals surface area contributed by atoms with Gasteiger partial charge in [0.05, 0.1) is 17.1 Å². The number of fused-ring (bicyclic) bond motifs is 1. The first-order valence-corrected chi connectivity index (χ1v) is 6.57. The average molecular weight is 301 g/mol. The van der Waals surface area contributed by atoms with Crippen molar-refractivity contribution in [3.05, 3.63) is 12.1 Å². The topological polar surface area (TPSA) is 85.6 Å². The second-order valence-electron chi connectivity index (χ2n) is 4.49. The average Bonchev–Trinajstić information content (AvgIpc) is 2.41. The van der Waals surface area contributed by atoms with Gasteiger partial charge in [-0.2, -0.15) is 8.78 Å². The van der Waals surface area contributed by atoms with Crippen LogP contribution in [0.25, 0.3) is 0 Å². The SMILES string of the molecule is CCOCCCNc1cc2c(cc1N)NC(=O)C(F)(F)O2. The van der Waals surface area contributed by atoms with Gasteiger partial charge in [0.1, 0.15) is 0 Å². The molecule has 0 radical (unpaired) electrons. The second kappa shape index (κ2) is 6.13. The van der Waals surface area contributed by atoms with Crippen LogP contribution in [0.5, 0.6) is 5.75 Å². The first-order valence-electron chi connectivity index (χ1n) is 6.57. The van der Waals surface area contributed by atoms with Gasteiger partial charge in [0.15, 0.2) is 5.75 Å². The molecule has 0 fully saturated rings. The van der Waals surface area contributed by atoms with Crippen LogP contribution >= 0.6 is 0 Å². The van der Waals surface area contributed by atoms with Gasteiger partial charge in [-0.05, 0) is 19.4 Å². The maximum atomic E-state index is 13.2. The lowest BCUT2D eigenvalue weighted by atomic mass is 10.2. The Bertz CT molecular complexity index is 538. The van der Waals surface area contributed by atoms with Crippen molar-refractivity contribution in [1.29, 1.82) is 0 Å². The van der Waals surface area contributed by atoms with Crippen LogP contribution in [-0.4, -0.2) is 31.8 Å². The van der Waals surface area contributed by atoms with Crippen molar-refractivity contribution < 1.29 is 23.0 Å². The summed E-state index contributed by atoms with van der Waals surface area (Å²) in [4.78, 5) is 11.1. The van der Waals surface area contributed by atoms with Crippen molar-refractivity contribution in [2.24, 2.45) is 0 Å². The van der Waals surface area contributed by atoms with Crippen LogP contribution in [-0.2, 0) is 9.53 Å². The summed E-state index contributed by atoms with van der Waals surface area (Å²) in [6.45, 7) is 3.72. The maximum Gasteiger partial charge on any atom is 0.482 e. The van der Waals surface area contributed by atoms with Crippen LogP contribution in [0.3, 0.4) is 0 Å². The quantitative estimate of drug-likeness (QED) is 0.553. The third-order valence-electron chi connectivity index (χ3n) is 2.89. The molecule has 1 aromatic rings. The summed E-state index contributed by atoms with van der Waals surface area (Å²) in [7, 11) is 0. The summed E-state index contributed by atoms with van der Waals surface area (Å²) in [5.41, 5.74) is 6.74. The van der Waals surface area contributed by atoms with Gasteiger partial charge < -0.3 is 25.8 Å². The second-order valence-corrected chi connectivity index (χ2v) is 4.49. The van der Waals surface area contributed by atoms with E-state index in [0.29, 0.717) is 31.1 Å². The monoisotopic (exact) mass is 301 g/mol. The van der Waals surface area contributed by atoms with E-state index in [1.807, 2.05) is 6.92 Å². The minimum Gasteiger partial charge on any atom is -0.423 e. The Balaban J connectivity index is 2.06. The first-order chi connectivity index (χ1) is 9.94. The van der Waals surface area contributed by atoms with E-state index < -0.39 is 12.0 Å². The molecule has 0 saturated carbocycles. The van der Waals surface area contributed by atoms with Gasteiger partial charge in [0.25, 0.3) is 0 Å². The van der Waals surface area contributed by atoms with Crippen molar-refractivity contribution in [3.8, 4) is 5.75 Å². The first kappa shape index (κ1) is 15.3. The molecule has 0 unspecified atom stereocenters. The smallest absolute Gasteiger partial charge is 0.423 e. The molecule has 4 N–H and O–H groups in total. The van der Waals surface area contributed by atoms with Crippen molar-refractivity contribution in [3.63, 3.8) is 0 Å². The molecular formula is C13H17F2N3O3. The number of anilines is 3. The number of rotatable bonds is 6. The molecule has 0 aromatic heterocycles. The number of benzene rings is 1. The van der Waals surface area contributed by atoms with E-state index in [2.05, 4.69) is 15.4 Å². The number of amides is 1. The van der Waals surface area contributed by atoms with E-state index in [-0.39, 0.29) is 11.4 Å². The molecule has 116 valence electrons. The van der Waals surface area contributed by atoms with E-state index in [1.54, 1.807) is 0 Å². The minimum absolute atomic E-state index is 0.124.